The van der Waals surface area contributed by atoms with Crippen molar-refractivity contribution in [2.75, 3.05) is 13.1 Å². The smallest absolute Gasteiger partial charge is 0.0672 e. The van der Waals surface area contributed by atoms with Gasteiger partial charge in [-0.3, -0.25) is 0 Å². The molecular weight excluding hydrogens is 124 g/mol. The quantitative estimate of drug-likeness (QED) is 0.577. The van der Waals surface area contributed by atoms with E-state index in [2.05, 4.69) is 11.4 Å². The van der Waals surface area contributed by atoms with Gasteiger partial charge in [0.05, 0.1) is 12.0 Å². The highest BCUT2D eigenvalue weighted by atomic mass is 14.9. The lowest BCUT2D eigenvalue weighted by atomic mass is 9.93. The normalized spacial score (nSPS) is 39.5. The first-order chi connectivity index (χ1) is 4.92. The lowest BCUT2D eigenvalue weighted by Gasteiger charge is -2.08. The Morgan fingerprint density at radius 3 is 2.70 bits per heavy atom. The molecule has 1 N–H and O–H groups in total. The van der Waals surface area contributed by atoms with E-state index in [9.17, 15) is 0 Å². The van der Waals surface area contributed by atoms with Gasteiger partial charge in [-0.25, -0.2) is 0 Å². The van der Waals surface area contributed by atoms with Crippen molar-refractivity contribution >= 4 is 0 Å². The predicted octanol–water partition coefficient (Wildman–Crippen LogP) is 0.756. The van der Waals surface area contributed by atoms with Gasteiger partial charge in [0.15, 0.2) is 0 Å². The predicted molar refractivity (Wildman–Crippen MR) is 38.2 cm³/mol. The highest BCUT2D eigenvalue weighted by molar-refractivity contribution is 5.00. The number of nitrogens with one attached hydrogen (secondary N) is 1. The zero-order valence-corrected chi connectivity index (χ0v) is 6.01. The van der Waals surface area contributed by atoms with Crippen LogP contribution in [0.15, 0.2) is 0 Å². The van der Waals surface area contributed by atoms with E-state index in [-0.39, 0.29) is 0 Å². The zero-order valence-electron chi connectivity index (χ0n) is 6.01. The van der Waals surface area contributed by atoms with Crippen molar-refractivity contribution in [2.24, 2.45) is 17.8 Å². The van der Waals surface area contributed by atoms with Crippen molar-refractivity contribution in [3.05, 3.63) is 0 Å². The van der Waals surface area contributed by atoms with E-state index in [1.165, 1.54) is 12.8 Å². The van der Waals surface area contributed by atoms with Gasteiger partial charge in [-0.05, 0) is 31.2 Å². The largest absolute Gasteiger partial charge is 0.315 e. The van der Waals surface area contributed by atoms with E-state index in [0.29, 0.717) is 11.8 Å². The minimum Gasteiger partial charge on any atom is -0.315 e. The summed E-state index contributed by atoms with van der Waals surface area (Å²) >= 11 is 0. The van der Waals surface area contributed by atoms with E-state index in [1.807, 2.05) is 0 Å². The van der Waals surface area contributed by atoms with Crippen LogP contribution in [0.2, 0.25) is 0 Å². The van der Waals surface area contributed by atoms with Gasteiger partial charge in [0.2, 0.25) is 0 Å². The highest BCUT2D eigenvalue weighted by Crippen LogP contribution is 2.41. The molecule has 0 radical (unpaired) electrons. The summed E-state index contributed by atoms with van der Waals surface area (Å²) in [6.07, 6.45) is 2.73. The average molecular weight is 136 g/mol. The summed E-state index contributed by atoms with van der Waals surface area (Å²) in [6, 6.07) is 2.37. The summed E-state index contributed by atoms with van der Waals surface area (Å²) in [5.41, 5.74) is 0. The van der Waals surface area contributed by atoms with Crippen LogP contribution in [0.4, 0.5) is 0 Å². The molecule has 1 aliphatic heterocycles. The third kappa shape index (κ3) is 0.911. The third-order valence-electron chi connectivity index (χ3n) is 2.65. The maximum absolute atomic E-state index is 8.72. The molecule has 1 saturated heterocycles. The van der Waals surface area contributed by atoms with Gasteiger partial charge in [0.25, 0.3) is 0 Å². The molecule has 0 unspecified atom stereocenters. The lowest BCUT2D eigenvalue weighted by molar-refractivity contribution is 0.442. The Morgan fingerprint density at radius 1 is 1.30 bits per heavy atom. The number of hydrogen-bond donors (Lipinski definition) is 1. The molecule has 1 aliphatic carbocycles. The Labute approximate surface area is 61.2 Å². The number of rotatable bonds is 1. The molecule has 1 saturated carbocycles. The second-order valence-corrected chi connectivity index (χ2v) is 3.40. The van der Waals surface area contributed by atoms with Crippen LogP contribution in [0.1, 0.15) is 12.8 Å². The lowest BCUT2D eigenvalue weighted by Crippen LogP contribution is -2.12. The summed E-state index contributed by atoms with van der Waals surface area (Å²) in [7, 11) is 0. The standard InChI is InChI=1S/C8H12N2/c9-3-7-4-10-5-8(7)6-1-2-6/h6-8,10H,1-2,4-5H2/t7-,8+/m1/s1. The van der Waals surface area contributed by atoms with Crippen molar-refractivity contribution in [2.45, 2.75) is 12.8 Å². The fourth-order valence-corrected chi connectivity index (χ4v) is 1.86. The summed E-state index contributed by atoms with van der Waals surface area (Å²) in [5, 5.41) is 12.0. The SMILES string of the molecule is N#C[C@@H]1CNC[C@H]1C1CC1. The van der Waals surface area contributed by atoms with Crippen LogP contribution in [0.25, 0.3) is 0 Å². The third-order valence-corrected chi connectivity index (χ3v) is 2.65. The van der Waals surface area contributed by atoms with Gasteiger partial charge in [0.1, 0.15) is 0 Å². The minimum absolute atomic E-state index is 0.312. The molecule has 0 aromatic rings. The van der Waals surface area contributed by atoms with Crippen LogP contribution >= 0.6 is 0 Å². The Hall–Kier alpha value is -0.550. The molecule has 0 aromatic heterocycles. The van der Waals surface area contributed by atoms with Crippen LogP contribution in [-0.4, -0.2) is 13.1 Å². The number of nitriles is 1. The number of hydrogen-bond acceptors (Lipinski definition) is 2. The van der Waals surface area contributed by atoms with E-state index >= 15 is 0 Å². The monoisotopic (exact) mass is 136 g/mol. The van der Waals surface area contributed by atoms with Crippen LogP contribution in [-0.2, 0) is 0 Å². The molecule has 2 fully saturated rings. The van der Waals surface area contributed by atoms with Crippen LogP contribution in [0.3, 0.4) is 0 Å². The van der Waals surface area contributed by atoms with Crippen molar-refractivity contribution in [1.82, 2.24) is 5.32 Å². The molecule has 0 aromatic carbocycles. The van der Waals surface area contributed by atoms with E-state index in [4.69, 9.17) is 5.26 Å². The van der Waals surface area contributed by atoms with Crippen LogP contribution in [0, 0.1) is 29.1 Å². The second kappa shape index (κ2) is 2.25. The van der Waals surface area contributed by atoms with Crippen LogP contribution < -0.4 is 5.32 Å². The molecule has 2 nitrogen and oxygen atoms in total. The Balaban J connectivity index is 1.99. The molecule has 2 rings (SSSR count). The molecule has 2 heteroatoms. The first kappa shape index (κ1) is 6.18. The zero-order chi connectivity index (χ0) is 6.97. The summed E-state index contributed by atoms with van der Waals surface area (Å²) in [6.45, 7) is 2.01. The topological polar surface area (TPSA) is 35.8 Å². The summed E-state index contributed by atoms with van der Waals surface area (Å²) in [4.78, 5) is 0. The van der Waals surface area contributed by atoms with Gasteiger partial charge in [-0.1, -0.05) is 0 Å². The molecular formula is C8H12N2. The van der Waals surface area contributed by atoms with Gasteiger partial charge >= 0.3 is 0 Å². The van der Waals surface area contributed by atoms with Gasteiger partial charge in [-0.2, -0.15) is 5.26 Å². The molecule has 0 amide bonds. The van der Waals surface area contributed by atoms with Crippen molar-refractivity contribution < 1.29 is 0 Å². The van der Waals surface area contributed by atoms with Gasteiger partial charge in [0, 0.05) is 6.54 Å². The average Bonchev–Trinajstić information content (AvgIpc) is 2.69. The maximum Gasteiger partial charge on any atom is 0.0672 e. The molecule has 2 aliphatic rings. The van der Waals surface area contributed by atoms with Gasteiger partial charge < -0.3 is 5.32 Å². The molecule has 54 valence electrons. The van der Waals surface area contributed by atoms with E-state index < -0.39 is 0 Å². The molecule has 0 spiro atoms. The van der Waals surface area contributed by atoms with Crippen molar-refractivity contribution in [1.29, 1.82) is 5.26 Å². The first-order valence-corrected chi connectivity index (χ1v) is 4.02. The highest BCUT2D eigenvalue weighted by Gasteiger charge is 2.39. The Kier molecular flexibility index (Phi) is 1.39. The van der Waals surface area contributed by atoms with E-state index in [0.717, 1.165) is 19.0 Å². The maximum atomic E-state index is 8.72. The van der Waals surface area contributed by atoms with Gasteiger partial charge in [-0.15, -0.1) is 0 Å². The Bertz CT molecular complexity index is 167. The molecule has 10 heavy (non-hydrogen) atoms. The minimum atomic E-state index is 0.312. The van der Waals surface area contributed by atoms with Crippen molar-refractivity contribution in [3.63, 3.8) is 0 Å². The first-order valence-electron chi connectivity index (χ1n) is 4.02. The summed E-state index contributed by atoms with van der Waals surface area (Å²) < 4.78 is 0. The molecule has 1 heterocycles. The fourth-order valence-electron chi connectivity index (χ4n) is 1.86. The second-order valence-electron chi connectivity index (χ2n) is 3.40. The van der Waals surface area contributed by atoms with E-state index in [1.54, 1.807) is 0 Å². The van der Waals surface area contributed by atoms with Crippen molar-refractivity contribution in [3.8, 4) is 6.07 Å². The number of nitrogens with zero attached hydrogens (tertiary/aromatic N) is 1. The summed E-state index contributed by atoms with van der Waals surface area (Å²) in [5.74, 6) is 1.89. The Morgan fingerprint density at radius 2 is 2.10 bits per heavy atom. The fraction of sp³-hybridized carbons (Fsp3) is 0.875. The molecule has 0 bridgehead atoms. The molecule has 2 atom stereocenters. The van der Waals surface area contributed by atoms with Crippen LogP contribution in [0.5, 0.6) is 0 Å².